The number of halogens is 7. The Morgan fingerprint density at radius 3 is 2.25 bits per heavy atom. The van der Waals surface area contributed by atoms with Crippen molar-refractivity contribution < 1.29 is 31.1 Å². The van der Waals surface area contributed by atoms with Gasteiger partial charge in [0, 0.05) is 5.33 Å². The quantitative estimate of drug-likeness (QED) is 0.603. The average molecular weight is 363 g/mol. The van der Waals surface area contributed by atoms with Crippen LogP contribution in [0.15, 0.2) is 6.07 Å². The van der Waals surface area contributed by atoms with Crippen molar-refractivity contribution in [2.75, 3.05) is 0 Å². The van der Waals surface area contributed by atoms with Gasteiger partial charge in [0.15, 0.2) is 5.75 Å². The molecular formula is C10H5BrF6N2O. The first-order chi connectivity index (χ1) is 9.08. The number of nitriles is 1. The second-order valence-electron chi connectivity index (χ2n) is 3.46. The summed E-state index contributed by atoms with van der Waals surface area (Å²) in [5.41, 5.74) is -2.59. The third-order valence-electron chi connectivity index (χ3n) is 2.03. The lowest BCUT2D eigenvalue weighted by atomic mass is 10.1. The van der Waals surface area contributed by atoms with Gasteiger partial charge < -0.3 is 4.74 Å². The van der Waals surface area contributed by atoms with E-state index < -0.39 is 41.7 Å². The fraction of sp³-hybridized carbons (Fsp3) is 0.400. The van der Waals surface area contributed by atoms with E-state index in [-0.39, 0.29) is 5.33 Å². The molecule has 0 amide bonds. The summed E-state index contributed by atoms with van der Waals surface area (Å²) in [6.07, 6.45) is -10.7. The third kappa shape index (κ3) is 4.26. The lowest BCUT2D eigenvalue weighted by Gasteiger charge is -2.16. The van der Waals surface area contributed by atoms with Crippen LogP contribution in [0.25, 0.3) is 0 Å². The van der Waals surface area contributed by atoms with Gasteiger partial charge in [-0.1, -0.05) is 15.9 Å². The summed E-state index contributed by atoms with van der Waals surface area (Å²) in [4.78, 5) is 3.09. The van der Waals surface area contributed by atoms with Gasteiger partial charge in [-0.2, -0.15) is 18.4 Å². The van der Waals surface area contributed by atoms with Gasteiger partial charge in [0.05, 0.1) is 18.2 Å². The molecule has 1 rings (SSSR count). The molecule has 0 aliphatic heterocycles. The number of hydrogen-bond donors (Lipinski definition) is 0. The lowest BCUT2D eigenvalue weighted by molar-refractivity contribution is -0.275. The molecule has 0 aliphatic rings. The molecule has 10 heteroatoms. The minimum atomic E-state index is -5.09. The highest BCUT2D eigenvalue weighted by Gasteiger charge is 2.38. The molecule has 0 aliphatic carbocycles. The highest BCUT2D eigenvalue weighted by Crippen LogP contribution is 2.36. The van der Waals surface area contributed by atoms with Gasteiger partial charge in [-0.15, -0.1) is 13.2 Å². The monoisotopic (exact) mass is 362 g/mol. The highest BCUT2D eigenvalue weighted by atomic mass is 79.9. The molecule has 1 aromatic rings. The molecule has 0 aromatic carbocycles. The van der Waals surface area contributed by atoms with Crippen molar-refractivity contribution in [3.63, 3.8) is 0 Å². The van der Waals surface area contributed by atoms with E-state index in [4.69, 9.17) is 5.26 Å². The van der Waals surface area contributed by atoms with Crippen molar-refractivity contribution >= 4 is 15.9 Å². The van der Waals surface area contributed by atoms with Crippen LogP contribution in [0.3, 0.4) is 0 Å². The summed E-state index contributed by atoms with van der Waals surface area (Å²) < 4.78 is 78.2. The van der Waals surface area contributed by atoms with Crippen LogP contribution in [0.2, 0.25) is 0 Å². The molecule has 1 aromatic heterocycles. The number of rotatable bonds is 3. The molecule has 0 fully saturated rings. The molecule has 3 nitrogen and oxygen atoms in total. The second-order valence-corrected chi connectivity index (χ2v) is 4.02. The van der Waals surface area contributed by atoms with Crippen LogP contribution < -0.4 is 4.74 Å². The summed E-state index contributed by atoms with van der Waals surface area (Å²) >= 11 is 2.74. The second kappa shape index (κ2) is 5.87. The Balaban J connectivity index is 3.42. The number of pyridine rings is 1. The summed E-state index contributed by atoms with van der Waals surface area (Å²) in [6, 6.07) is 2.01. The number of nitrogens with zero attached hydrogens (tertiary/aromatic N) is 2. The first-order valence-electron chi connectivity index (χ1n) is 4.87. The number of ether oxygens (including phenoxy) is 1. The van der Waals surface area contributed by atoms with Crippen LogP contribution in [-0.2, 0) is 17.9 Å². The Morgan fingerprint density at radius 1 is 1.25 bits per heavy atom. The zero-order valence-electron chi connectivity index (χ0n) is 9.44. The Bertz CT molecular complexity index is 534. The first kappa shape index (κ1) is 16.6. The molecule has 0 radical (unpaired) electrons. The molecular weight excluding hydrogens is 358 g/mol. The van der Waals surface area contributed by atoms with E-state index >= 15 is 0 Å². The van der Waals surface area contributed by atoms with Gasteiger partial charge in [0.1, 0.15) is 5.69 Å². The molecule has 0 spiro atoms. The minimum absolute atomic E-state index is 0.365. The summed E-state index contributed by atoms with van der Waals surface area (Å²) in [7, 11) is 0. The van der Waals surface area contributed by atoms with E-state index in [1.165, 1.54) is 6.07 Å². The van der Waals surface area contributed by atoms with Crippen molar-refractivity contribution in [3.05, 3.63) is 23.0 Å². The molecule has 0 unspecified atom stereocenters. The van der Waals surface area contributed by atoms with E-state index in [1.54, 1.807) is 0 Å². The molecule has 0 saturated heterocycles. The minimum Gasteiger partial charge on any atom is -0.404 e. The van der Waals surface area contributed by atoms with Crippen LogP contribution in [-0.4, -0.2) is 11.3 Å². The summed E-state index contributed by atoms with van der Waals surface area (Å²) in [5.74, 6) is -0.915. The van der Waals surface area contributed by atoms with Gasteiger partial charge in [0.2, 0.25) is 0 Å². The van der Waals surface area contributed by atoms with Gasteiger partial charge in [-0.25, -0.2) is 4.98 Å². The predicted octanol–water partition coefficient (Wildman–Crippen LogP) is 3.96. The Hall–Kier alpha value is -1.50. The lowest BCUT2D eigenvalue weighted by Crippen LogP contribution is -2.20. The smallest absolute Gasteiger partial charge is 0.404 e. The summed E-state index contributed by atoms with van der Waals surface area (Å²) in [5, 5.41) is 8.08. The van der Waals surface area contributed by atoms with Crippen LogP contribution in [0.1, 0.15) is 17.0 Å². The first-order valence-corrected chi connectivity index (χ1v) is 5.99. The largest absolute Gasteiger partial charge is 0.573 e. The fourth-order valence-electron chi connectivity index (χ4n) is 1.33. The zero-order valence-corrected chi connectivity index (χ0v) is 11.0. The average Bonchev–Trinajstić information content (AvgIpc) is 2.27. The van der Waals surface area contributed by atoms with Crippen LogP contribution in [0.4, 0.5) is 26.3 Å². The van der Waals surface area contributed by atoms with Crippen molar-refractivity contribution in [1.82, 2.24) is 4.98 Å². The van der Waals surface area contributed by atoms with Gasteiger partial charge in [0.25, 0.3) is 0 Å². The molecule has 20 heavy (non-hydrogen) atoms. The molecule has 0 saturated carbocycles. The van der Waals surface area contributed by atoms with E-state index in [1.807, 2.05) is 0 Å². The predicted molar refractivity (Wildman–Crippen MR) is 57.9 cm³/mol. The number of alkyl halides is 7. The normalized spacial score (nSPS) is 12.1. The summed E-state index contributed by atoms with van der Waals surface area (Å²) in [6.45, 7) is 0. The van der Waals surface area contributed by atoms with E-state index in [2.05, 4.69) is 25.7 Å². The van der Waals surface area contributed by atoms with Gasteiger partial charge in [-0.05, 0) is 11.6 Å². The highest BCUT2D eigenvalue weighted by molar-refractivity contribution is 9.08. The van der Waals surface area contributed by atoms with E-state index in [9.17, 15) is 26.3 Å². The zero-order chi connectivity index (χ0) is 15.6. The standard InChI is InChI=1S/C10H5BrF6N2O/c11-4-5-3-7(20-10(15,16)17)6(1-2-18)19-8(5)9(12,13)14/h3H,1,4H2. The maximum atomic E-state index is 12.7. The Kier molecular flexibility index (Phi) is 4.86. The van der Waals surface area contributed by atoms with Gasteiger partial charge >= 0.3 is 12.5 Å². The van der Waals surface area contributed by atoms with Crippen molar-refractivity contribution in [2.24, 2.45) is 0 Å². The SMILES string of the molecule is N#CCc1nc(C(F)(F)F)c(CBr)cc1OC(F)(F)F. The molecule has 1 heterocycles. The maximum Gasteiger partial charge on any atom is 0.573 e. The molecule has 0 N–H and O–H groups in total. The van der Waals surface area contributed by atoms with Crippen molar-refractivity contribution in [2.45, 2.75) is 24.3 Å². The third-order valence-corrected chi connectivity index (χ3v) is 2.63. The fourth-order valence-corrected chi connectivity index (χ4v) is 1.76. The maximum absolute atomic E-state index is 12.7. The van der Waals surface area contributed by atoms with E-state index in [0.29, 0.717) is 6.07 Å². The van der Waals surface area contributed by atoms with Crippen LogP contribution in [0, 0.1) is 11.3 Å². The van der Waals surface area contributed by atoms with Gasteiger partial charge in [-0.3, -0.25) is 0 Å². The number of hydrogen-bond acceptors (Lipinski definition) is 3. The number of aromatic nitrogens is 1. The van der Waals surface area contributed by atoms with Crippen LogP contribution in [0.5, 0.6) is 5.75 Å². The van der Waals surface area contributed by atoms with Crippen molar-refractivity contribution in [1.29, 1.82) is 5.26 Å². The molecule has 110 valence electrons. The molecule has 0 atom stereocenters. The van der Waals surface area contributed by atoms with E-state index in [0.717, 1.165) is 0 Å². The van der Waals surface area contributed by atoms with Crippen molar-refractivity contribution in [3.8, 4) is 11.8 Å². The topological polar surface area (TPSA) is 45.9 Å². The Labute approximate surface area is 117 Å². The Morgan fingerprint density at radius 2 is 1.85 bits per heavy atom. The molecule has 0 bridgehead atoms. The van der Waals surface area contributed by atoms with Crippen LogP contribution >= 0.6 is 15.9 Å².